The van der Waals surface area contributed by atoms with E-state index in [4.69, 9.17) is 8.92 Å². The average molecular weight is 419 g/mol. The summed E-state index contributed by atoms with van der Waals surface area (Å²) < 4.78 is 34.5. The fourth-order valence-electron chi connectivity index (χ4n) is 2.85. The minimum absolute atomic E-state index is 0.0399. The highest BCUT2D eigenvalue weighted by Gasteiger charge is 2.18. The Labute approximate surface area is 174 Å². The monoisotopic (exact) mass is 418 g/mol. The second kappa shape index (κ2) is 10.6. The molecule has 1 unspecified atom stereocenters. The van der Waals surface area contributed by atoms with Crippen molar-refractivity contribution in [2.24, 2.45) is 5.92 Å². The van der Waals surface area contributed by atoms with Gasteiger partial charge in [0, 0.05) is 6.42 Å². The van der Waals surface area contributed by atoms with E-state index in [0.717, 1.165) is 17.5 Å². The van der Waals surface area contributed by atoms with Gasteiger partial charge in [0.2, 0.25) is 0 Å². The van der Waals surface area contributed by atoms with Gasteiger partial charge in [0.15, 0.2) is 0 Å². The summed E-state index contributed by atoms with van der Waals surface area (Å²) in [6.07, 6.45) is 1.31. The largest absolute Gasteiger partial charge is 0.465 e. The van der Waals surface area contributed by atoms with Gasteiger partial charge in [-0.1, -0.05) is 55.8 Å². The van der Waals surface area contributed by atoms with Gasteiger partial charge in [0.1, 0.15) is 0 Å². The van der Waals surface area contributed by atoms with E-state index in [0.29, 0.717) is 12.3 Å². The van der Waals surface area contributed by atoms with E-state index in [1.165, 1.54) is 17.7 Å². The van der Waals surface area contributed by atoms with Crippen molar-refractivity contribution >= 4 is 16.1 Å². The minimum Gasteiger partial charge on any atom is -0.465 e. The first-order valence-electron chi connectivity index (χ1n) is 9.90. The Hall–Kier alpha value is -2.18. The molecule has 0 aromatic heterocycles. The summed E-state index contributed by atoms with van der Waals surface area (Å²) in [4.78, 5) is 12.4. The van der Waals surface area contributed by atoms with Gasteiger partial charge < -0.3 is 4.74 Å². The highest BCUT2D eigenvalue weighted by atomic mass is 32.2. The van der Waals surface area contributed by atoms with E-state index < -0.39 is 10.1 Å². The van der Waals surface area contributed by atoms with Crippen LogP contribution in [0.2, 0.25) is 0 Å². The van der Waals surface area contributed by atoms with E-state index in [1.807, 2.05) is 31.2 Å². The standard InChI is InChI=1S/C23H30O5S/c1-17(2)16-20-8-10-21(11-9-20)19(4)23(24)27-14-5-15-28-29(25,26)22-12-6-18(3)7-13-22/h6-13,17,19H,5,14-16H2,1-4H3. The van der Waals surface area contributed by atoms with Crippen LogP contribution in [0, 0.1) is 12.8 Å². The van der Waals surface area contributed by atoms with Crippen LogP contribution in [0.15, 0.2) is 53.4 Å². The number of hydrogen-bond acceptors (Lipinski definition) is 5. The molecule has 29 heavy (non-hydrogen) atoms. The zero-order chi connectivity index (χ0) is 21.4. The third-order valence-electron chi connectivity index (χ3n) is 4.56. The molecule has 2 aromatic carbocycles. The molecule has 5 nitrogen and oxygen atoms in total. The van der Waals surface area contributed by atoms with Crippen LogP contribution in [0.5, 0.6) is 0 Å². The highest BCUT2D eigenvalue weighted by molar-refractivity contribution is 7.86. The lowest BCUT2D eigenvalue weighted by Crippen LogP contribution is -2.15. The lowest BCUT2D eigenvalue weighted by molar-refractivity contribution is -0.145. The second-order valence-electron chi connectivity index (χ2n) is 7.67. The van der Waals surface area contributed by atoms with Gasteiger partial charge in [-0.05, 0) is 49.4 Å². The van der Waals surface area contributed by atoms with Crippen LogP contribution in [0.4, 0.5) is 0 Å². The maximum Gasteiger partial charge on any atom is 0.313 e. The fraction of sp³-hybridized carbons (Fsp3) is 0.435. The van der Waals surface area contributed by atoms with Crippen LogP contribution < -0.4 is 0 Å². The summed E-state index contributed by atoms with van der Waals surface area (Å²) in [5.74, 6) is -0.122. The molecule has 0 spiro atoms. The van der Waals surface area contributed by atoms with Gasteiger partial charge in [0.25, 0.3) is 10.1 Å². The topological polar surface area (TPSA) is 69.7 Å². The number of carbonyl (C=O) groups is 1. The van der Waals surface area contributed by atoms with Gasteiger partial charge in [-0.2, -0.15) is 8.42 Å². The summed E-state index contributed by atoms with van der Waals surface area (Å²) in [5.41, 5.74) is 3.12. The predicted octanol–water partition coefficient (Wildman–Crippen LogP) is 4.64. The number of ether oxygens (including phenoxy) is 1. The summed E-state index contributed by atoms with van der Waals surface area (Å²) in [6, 6.07) is 14.5. The van der Waals surface area contributed by atoms with E-state index >= 15 is 0 Å². The Morgan fingerprint density at radius 1 is 0.931 bits per heavy atom. The van der Waals surface area contributed by atoms with Crippen LogP contribution in [0.1, 0.15) is 49.8 Å². The summed E-state index contributed by atoms with van der Waals surface area (Å²) in [7, 11) is -3.79. The lowest BCUT2D eigenvalue weighted by atomic mass is 9.97. The molecule has 158 valence electrons. The molecule has 0 aliphatic carbocycles. The zero-order valence-corrected chi connectivity index (χ0v) is 18.4. The van der Waals surface area contributed by atoms with Gasteiger partial charge in [0.05, 0.1) is 24.0 Å². The van der Waals surface area contributed by atoms with Crippen molar-refractivity contribution in [2.45, 2.75) is 51.3 Å². The molecule has 6 heteroatoms. The molecule has 0 heterocycles. The fourth-order valence-corrected chi connectivity index (χ4v) is 3.79. The smallest absolute Gasteiger partial charge is 0.313 e. The summed E-state index contributed by atoms with van der Waals surface area (Å²) in [6.45, 7) is 8.10. The molecule has 0 bridgehead atoms. The van der Waals surface area contributed by atoms with E-state index in [1.54, 1.807) is 19.1 Å². The number of benzene rings is 2. The van der Waals surface area contributed by atoms with E-state index in [9.17, 15) is 13.2 Å². The third-order valence-corrected chi connectivity index (χ3v) is 5.88. The number of carbonyl (C=O) groups excluding carboxylic acids is 1. The molecule has 0 N–H and O–H groups in total. The first kappa shape index (κ1) is 23.1. The molecular weight excluding hydrogens is 388 g/mol. The maximum absolute atomic E-state index is 12.2. The van der Waals surface area contributed by atoms with Crippen molar-refractivity contribution in [1.29, 1.82) is 0 Å². The predicted molar refractivity (Wildman–Crippen MR) is 113 cm³/mol. The van der Waals surface area contributed by atoms with Gasteiger partial charge >= 0.3 is 5.97 Å². The summed E-state index contributed by atoms with van der Waals surface area (Å²) in [5, 5.41) is 0. The van der Waals surface area contributed by atoms with E-state index in [-0.39, 0.29) is 30.0 Å². The number of rotatable bonds is 10. The van der Waals surface area contributed by atoms with Crippen LogP contribution in [0.3, 0.4) is 0 Å². The minimum atomic E-state index is -3.79. The maximum atomic E-state index is 12.2. The molecular formula is C23H30O5S. The van der Waals surface area contributed by atoms with Crippen molar-refractivity contribution < 1.29 is 22.1 Å². The molecule has 0 fully saturated rings. The number of aryl methyl sites for hydroxylation is 1. The average Bonchev–Trinajstić information content (AvgIpc) is 2.67. The van der Waals surface area contributed by atoms with Crippen molar-refractivity contribution in [1.82, 2.24) is 0 Å². The molecule has 0 aliphatic heterocycles. The van der Waals surface area contributed by atoms with Crippen LogP contribution in [0.25, 0.3) is 0 Å². The summed E-state index contributed by atoms with van der Waals surface area (Å²) >= 11 is 0. The second-order valence-corrected chi connectivity index (χ2v) is 9.29. The van der Waals surface area contributed by atoms with Crippen molar-refractivity contribution in [2.75, 3.05) is 13.2 Å². The molecule has 0 saturated heterocycles. The van der Waals surface area contributed by atoms with Crippen molar-refractivity contribution in [3.63, 3.8) is 0 Å². The first-order chi connectivity index (χ1) is 13.7. The molecule has 0 radical (unpaired) electrons. The van der Waals surface area contributed by atoms with Crippen LogP contribution in [-0.2, 0) is 30.3 Å². The van der Waals surface area contributed by atoms with Crippen LogP contribution >= 0.6 is 0 Å². The highest BCUT2D eigenvalue weighted by Crippen LogP contribution is 2.19. The van der Waals surface area contributed by atoms with Crippen LogP contribution in [-0.4, -0.2) is 27.6 Å². The number of esters is 1. The van der Waals surface area contributed by atoms with Gasteiger partial charge in [-0.3, -0.25) is 8.98 Å². The Kier molecular flexibility index (Phi) is 8.41. The molecule has 1 atom stereocenters. The Morgan fingerprint density at radius 2 is 1.55 bits per heavy atom. The first-order valence-corrected chi connectivity index (χ1v) is 11.3. The Bertz CT molecular complexity index is 884. The molecule has 0 amide bonds. The quantitative estimate of drug-likeness (QED) is 0.319. The molecule has 0 saturated carbocycles. The SMILES string of the molecule is Cc1ccc(S(=O)(=O)OCCCOC(=O)C(C)c2ccc(CC(C)C)cc2)cc1. The van der Waals surface area contributed by atoms with Gasteiger partial charge in [-0.25, -0.2) is 0 Å². The van der Waals surface area contributed by atoms with Gasteiger partial charge in [-0.15, -0.1) is 0 Å². The third kappa shape index (κ3) is 7.29. The molecule has 2 rings (SSSR count). The zero-order valence-electron chi connectivity index (χ0n) is 17.6. The van der Waals surface area contributed by atoms with Crippen molar-refractivity contribution in [3.8, 4) is 0 Å². The molecule has 2 aromatic rings. The lowest BCUT2D eigenvalue weighted by Gasteiger charge is -2.13. The number of hydrogen-bond donors (Lipinski definition) is 0. The molecule has 0 aliphatic rings. The van der Waals surface area contributed by atoms with Crippen molar-refractivity contribution in [3.05, 3.63) is 65.2 Å². The Morgan fingerprint density at radius 3 is 2.14 bits per heavy atom. The Balaban J connectivity index is 1.75. The van der Waals surface area contributed by atoms with E-state index in [2.05, 4.69) is 13.8 Å². The normalized spacial score (nSPS) is 12.7.